The van der Waals surface area contributed by atoms with Gasteiger partial charge in [0, 0.05) is 0 Å². The number of aromatic hydroxyl groups is 2. The Hall–Kier alpha value is -2.25. The summed E-state index contributed by atoms with van der Waals surface area (Å²) in [5.41, 5.74) is 8.04. The number of fused-ring (bicyclic) bond motifs is 1. The van der Waals surface area contributed by atoms with E-state index in [-0.39, 0.29) is 42.2 Å². The first-order valence-electron chi connectivity index (χ1n) is 17.1. The maximum atomic E-state index is 11.8. The third kappa shape index (κ3) is 7.82. The molecule has 0 radical (unpaired) electrons. The molecule has 1 fully saturated rings. The van der Waals surface area contributed by atoms with Crippen LogP contribution in [-0.2, 0) is 37.8 Å². The summed E-state index contributed by atoms with van der Waals surface area (Å²) in [5, 5.41) is 25.1. The summed E-state index contributed by atoms with van der Waals surface area (Å²) >= 11 is -0.330. The first-order chi connectivity index (χ1) is 22.4. The zero-order chi connectivity index (χ0) is 33.3. The van der Waals surface area contributed by atoms with E-state index in [0.29, 0.717) is 11.5 Å². The first kappa shape index (κ1) is 34.6. The molecule has 1 saturated carbocycles. The number of rotatable bonds is 6. The Bertz CT molecular complexity index is 1690. The molecule has 2 aliphatic rings. The molecule has 2 aromatic carbocycles. The number of hydrogen-bond donors (Lipinski definition) is 2. The van der Waals surface area contributed by atoms with Gasteiger partial charge in [0.2, 0.25) is 0 Å². The quantitative estimate of drug-likeness (QED) is 0.196. The second-order valence-electron chi connectivity index (χ2n) is 15.3. The predicted molar refractivity (Wildman–Crippen MR) is 198 cm³/mol. The van der Waals surface area contributed by atoms with Crippen molar-refractivity contribution in [2.75, 3.05) is 0 Å². The molecule has 0 spiro atoms. The van der Waals surface area contributed by atoms with Crippen molar-refractivity contribution in [1.29, 1.82) is 0 Å². The third-order valence-electron chi connectivity index (χ3n) is 9.70. The Balaban J connectivity index is 1.46. The van der Waals surface area contributed by atoms with Gasteiger partial charge in [-0.15, -0.1) is 0 Å². The van der Waals surface area contributed by atoms with E-state index in [1.165, 1.54) is 49.7 Å². The SMILES string of the molecule is CC(C)(C)c1cc(C[S]2=[Ti]=[S](Cc3cc(C(C)(C)C)cc(-c4ccccn4)c3O)[C@H]3CCCCCCC32)c(O)c(-c2ccccn2)c1. The summed E-state index contributed by atoms with van der Waals surface area (Å²) < 4.78 is 0. The fraction of sp³-hybridized carbons (Fsp3) is 0.450. The van der Waals surface area contributed by atoms with Crippen LogP contribution in [0.1, 0.15) is 102 Å². The van der Waals surface area contributed by atoms with Crippen LogP contribution in [0.2, 0.25) is 0 Å². The van der Waals surface area contributed by atoms with E-state index in [9.17, 15) is 10.2 Å². The van der Waals surface area contributed by atoms with E-state index < -0.39 is 0 Å². The minimum absolute atomic E-state index is 0.0327. The molecule has 3 unspecified atom stereocenters. The fourth-order valence-corrected chi connectivity index (χ4v) is 27.7. The number of hydrogen-bond acceptors (Lipinski definition) is 4. The molecule has 4 nitrogen and oxygen atoms in total. The molecular weight excluding hydrogens is 652 g/mol. The van der Waals surface area contributed by atoms with E-state index in [4.69, 9.17) is 0 Å². The van der Waals surface area contributed by atoms with Gasteiger partial charge in [-0.1, -0.05) is 0 Å². The van der Waals surface area contributed by atoms with Crippen molar-refractivity contribution < 1.29 is 25.7 Å². The van der Waals surface area contributed by atoms with Gasteiger partial charge in [0.15, 0.2) is 0 Å². The number of phenols is 2. The predicted octanol–water partition coefficient (Wildman–Crippen LogP) is 11.1. The van der Waals surface area contributed by atoms with Crippen molar-refractivity contribution in [3.63, 3.8) is 0 Å². The van der Waals surface area contributed by atoms with Crippen molar-refractivity contribution in [3.05, 3.63) is 95.3 Å². The summed E-state index contributed by atoms with van der Waals surface area (Å²) in [6.07, 6.45) is 11.6. The summed E-state index contributed by atoms with van der Waals surface area (Å²) in [5.74, 6) is 2.77. The summed E-state index contributed by atoms with van der Waals surface area (Å²) in [6.45, 7) is 13.6. The van der Waals surface area contributed by atoms with Crippen molar-refractivity contribution in [1.82, 2.24) is 9.97 Å². The molecule has 2 aromatic heterocycles. The van der Waals surface area contributed by atoms with Gasteiger partial charge < -0.3 is 0 Å². The zero-order valence-corrected chi connectivity index (χ0v) is 32.0. The van der Waals surface area contributed by atoms with E-state index in [1.807, 2.05) is 48.8 Å². The molecular formula is C40H50N2O2S2Ti. The Kier molecular flexibility index (Phi) is 10.5. The van der Waals surface area contributed by atoms with Crippen LogP contribution in [0.25, 0.3) is 22.5 Å². The number of nitrogens with zero attached hydrogens (tertiary/aromatic N) is 2. The van der Waals surface area contributed by atoms with Gasteiger partial charge >= 0.3 is 294 Å². The van der Waals surface area contributed by atoms with Gasteiger partial charge in [-0.2, -0.15) is 0 Å². The van der Waals surface area contributed by atoms with Gasteiger partial charge in [0.25, 0.3) is 0 Å². The van der Waals surface area contributed by atoms with Crippen molar-refractivity contribution >= 4 is 15.9 Å². The molecule has 1 aliphatic heterocycles. The van der Waals surface area contributed by atoms with Crippen LogP contribution in [0, 0.1) is 0 Å². The number of pyridine rings is 2. The monoisotopic (exact) mass is 702 g/mol. The van der Waals surface area contributed by atoms with Crippen molar-refractivity contribution in [2.45, 2.75) is 113 Å². The molecule has 0 amide bonds. The molecule has 2 N–H and O–H groups in total. The van der Waals surface area contributed by atoms with Crippen LogP contribution >= 0.6 is 15.9 Å². The zero-order valence-electron chi connectivity index (χ0n) is 28.8. The van der Waals surface area contributed by atoms with E-state index in [0.717, 1.165) is 55.6 Å². The van der Waals surface area contributed by atoms with E-state index >= 15 is 0 Å². The van der Waals surface area contributed by atoms with Crippen LogP contribution in [0.4, 0.5) is 0 Å². The van der Waals surface area contributed by atoms with Crippen LogP contribution in [0.3, 0.4) is 0 Å². The molecule has 1 aliphatic carbocycles. The van der Waals surface area contributed by atoms with Gasteiger partial charge in [-0.25, -0.2) is 0 Å². The Morgan fingerprint density at radius 3 is 1.43 bits per heavy atom. The number of aromatic nitrogens is 2. The van der Waals surface area contributed by atoms with Crippen molar-refractivity contribution in [2.24, 2.45) is 0 Å². The molecule has 248 valence electrons. The van der Waals surface area contributed by atoms with Crippen LogP contribution < -0.4 is 0 Å². The van der Waals surface area contributed by atoms with Crippen LogP contribution in [-0.4, -0.2) is 30.7 Å². The molecule has 0 saturated heterocycles. The second kappa shape index (κ2) is 14.3. The van der Waals surface area contributed by atoms with E-state index in [2.05, 4.69) is 75.8 Å². The normalized spacial score (nSPS) is 21.7. The molecule has 3 heterocycles. The topological polar surface area (TPSA) is 66.2 Å². The second-order valence-corrected chi connectivity index (χ2v) is 26.7. The van der Waals surface area contributed by atoms with Gasteiger partial charge in [0.05, 0.1) is 0 Å². The van der Waals surface area contributed by atoms with Crippen LogP contribution in [0.5, 0.6) is 11.5 Å². The third-order valence-corrected chi connectivity index (χ3v) is 25.6. The standard InChI is InChI=1S/C40H50N2O2S2.Ti/c1-39(2,3)29-21-27(37(43)31(23-29)33-15-11-13-19-41-33)25-45-35-17-9-7-8-10-18-36(35)46-26-28-22-30(40(4,5)6)24-32(38(28)44)34-16-12-14-20-42-34;/h11-16,19-24,35-36,43-44H,7-10,17-18,25-26H2,1-6H3;/t35-,36?;/m0./s1. The molecule has 4 atom stereocenters. The minimum atomic E-state index is -0.330. The first-order valence-corrected chi connectivity index (χ1v) is 23.9. The van der Waals surface area contributed by atoms with E-state index in [1.54, 1.807) is 0 Å². The van der Waals surface area contributed by atoms with Gasteiger partial charge in [-0.3, -0.25) is 0 Å². The summed E-state index contributed by atoms with van der Waals surface area (Å²) in [4.78, 5) is 9.28. The molecule has 4 aromatic rings. The fourth-order valence-electron chi connectivity index (χ4n) is 6.85. The Labute approximate surface area is 292 Å². The molecule has 6 rings (SSSR count). The molecule has 7 heteroatoms. The van der Waals surface area contributed by atoms with Crippen LogP contribution in [0.15, 0.2) is 73.1 Å². The number of phenolic OH excluding ortho intramolecular Hbond substituents is 2. The van der Waals surface area contributed by atoms with Gasteiger partial charge in [-0.05, 0) is 0 Å². The molecule has 0 bridgehead atoms. The Morgan fingerprint density at radius 1 is 0.638 bits per heavy atom. The average Bonchev–Trinajstić information content (AvgIpc) is 3.32. The maximum absolute atomic E-state index is 11.8. The average molecular weight is 703 g/mol. The summed E-state index contributed by atoms with van der Waals surface area (Å²) in [6, 6.07) is 20.8. The van der Waals surface area contributed by atoms with Crippen molar-refractivity contribution in [3.8, 4) is 34.0 Å². The van der Waals surface area contributed by atoms with Gasteiger partial charge in [0.1, 0.15) is 0 Å². The number of benzene rings is 2. The Morgan fingerprint density at radius 2 is 1.06 bits per heavy atom. The molecule has 47 heavy (non-hydrogen) atoms. The summed E-state index contributed by atoms with van der Waals surface area (Å²) in [7, 11) is 0.530.